The first kappa shape index (κ1) is 15.1. The van der Waals surface area contributed by atoms with Crippen LogP contribution in [0.2, 0.25) is 0 Å². The molecule has 0 saturated heterocycles. The molecule has 0 fully saturated rings. The van der Waals surface area contributed by atoms with Crippen LogP contribution in [0.1, 0.15) is 54.1 Å². The quantitative estimate of drug-likeness (QED) is 0.903. The maximum atomic E-state index is 12.3. The molecular weight excluding hydrogens is 268 g/mol. The van der Waals surface area contributed by atoms with Gasteiger partial charge in [0.15, 0.2) is 0 Å². The molecule has 7 nitrogen and oxygen atoms in total. The van der Waals surface area contributed by atoms with Gasteiger partial charge in [0.25, 0.3) is 5.91 Å². The van der Waals surface area contributed by atoms with E-state index in [0.717, 1.165) is 24.5 Å². The van der Waals surface area contributed by atoms with Gasteiger partial charge >= 0.3 is 0 Å². The highest BCUT2D eigenvalue weighted by molar-refractivity contribution is 5.92. The Morgan fingerprint density at radius 2 is 2.14 bits per heavy atom. The Morgan fingerprint density at radius 1 is 1.38 bits per heavy atom. The van der Waals surface area contributed by atoms with Gasteiger partial charge in [-0.05, 0) is 33.3 Å². The second kappa shape index (κ2) is 6.43. The maximum absolute atomic E-state index is 12.3. The topological polar surface area (TPSA) is 85.6 Å². The molecule has 2 heterocycles. The molecule has 7 heteroatoms. The highest BCUT2D eigenvalue weighted by atomic mass is 16.1. The predicted molar refractivity (Wildman–Crippen MR) is 77.7 cm³/mol. The maximum Gasteiger partial charge on any atom is 0.270 e. The van der Waals surface area contributed by atoms with E-state index in [4.69, 9.17) is 0 Å². The number of rotatable bonds is 5. The van der Waals surface area contributed by atoms with Gasteiger partial charge in [-0.15, -0.1) is 0 Å². The number of aryl methyl sites for hydroxylation is 3. The van der Waals surface area contributed by atoms with E-state index < -0.39 is 0 Å². The third kappa shape index (κ3) is 3.62. The molecule has 112 valence electrons. The molecule has 0 saturated carbocycles. The van der Waals surface area contributed by atoms with Crippen LogP contribution in [0.3, 0.4) is 0 Å². The van der Waals surface area contributed by atoms with E-state index in [1.807, 2.05) is 13.8 Å². The molecule has 0 bridgehead atoms. The van der Waals surface area contributed by atoms with Crippen LogP contribution in [-0.4, -0.2) is 30.6 Å². The Bertz CT molecular complexity index is 616. The van der Waals surface area contributed by atoms with Gasteiger partial charge in [0.1, 0.15) is 23.7 Å². The molecule has 1 amide bonds. The number of carbonyl (C=O) groups excluding carboxylic acids is 1. The van der Waals surface area contributed by atoms with Crippen molar-refractivity contribution < 1.29 is 4.79 Å². The Kier molecular flexibility index (Phi) is 4.62. The van der Waals surface area contributed by atoms with Crippen molar-refractivity contribution in [2.24, 2.45) is 0 Å². The molecule has 0 spiro atoms. The summed E-state index contributed by atoms with van der Waals surface area (Å²) in [5, 5.41) is 7.06. The average Bonchev–Trinajstić information content (AvgIpc) is 2.86. The van der Waals surface area contributed by atoms with Crippen molar-refractivity contribution in [1.82, 2.24) is 30.0 Å². The monoisotopic (exact) mass is 288 g/mol. The predicted octanol–water partition coefficient (Wildman–Crippen LogP) is 1.59. The van der Waals surface area contributed by atoms with Gasteiger partial charge < -0.3 is 5.32 Å². The summed E-state index contributed by atoms with van der Waals surface area (Å²) in [4.78, 5) is 24.8. The van der Waals surface area contributed by atoms with Gasteiger partial charge in [0.05, 0.1) is 6.04 Å². The Morgan fingerprint density at radius 3 is 2.81 bits per heavy atom. The molecule has 0 aliphatic rings. The zero-order valence-electron chi connectivity index (χ0n) is 12.8. The number of aromatic nitrogens is 5. The summed E-state index contributed by atoms with van der Waals surface area (Å²) in [6.45, 7) is 8.34. The first-order valence-electron chi connectivity index (χ1n) is 7.02. The third-order valence-corrected chi connectivity index (χ3v) is 3.01. The Balaban J connectivity index is 2.13. The fourth-order valence-corrected chi connectivity index (χ4v) is 2.16. The fourth-order valence-electron chi connectivity index (χ4n) is 2.16. The number of hydrogen-bond acceptors (Lipinski definition) is 5. The van der Waals surface area contributed by atoms with Crippen molar-refractivity contribution in [3.05, 3.63) is 35.4 Å². The van der Waals surface area contributed by atoms with Gasteiger partial charge in [0, 0.05) is 12.2 Å². The first-order chi connectivity index (χ1) is 10.0. The zero-order chi connectivity index (χ0) is 15.4. The van der Waals surface area contributed by atoms with Crippen LogP contribution in [0.25, 0.3) is 0 Å². The summed E-state index contributed by atoms with van der Waals surface area (Å²) in [5.41, 5.74) is 1.14. The van der Waals surface area contributed by atoms with Crippen LogP contribution >= 0.6 is 0 Å². The smallest absolute Gasteiger partial charge is 0.270 e. The van der Waals surface area contributed by atoms with Gasteiger partial charge in [0.2, 0.25) is 0 Å². The van der Waals surface area contributed by atoms with Crippen LogP contribution in [0, 0.1) is 13.8 Å². The molecule has 2 aromatic rings. The van der Waals surface area contributed by atoms with Crippen molar-refractivity contribution >= 4 is 5.91 Å². The van der Waals surface area contributed by atoms with E-state index in [9.17, 15) is 4.79 Å². The molecule has 0 radical (unpaired) electrons. The van der Waals surface area contributed by atoms with Crippen LogP contribution in [0.5, 0.6) is 0 Å². The van der Waals surface area contributed by atoms with Gasteiger partial charge in [-0.3, -0.25) is 4.79 Å². The first-order valence-corrected chi connectivity index (χ1v) is 7.02. The number of hydrogen-bond donors (Lipinski definition) is 1. The highest BCUT2D eigenvalue weighted by Crippen LogP contribution is 2.10. The molecule has 1 atom stereocenters. The lowest BCUT2D eigenvalue weighted by molar-refractivity contribution is 0.0931. The van der Waals surface area contributed by atoms with E-state index in [1.165, 1.54) is 6.33 Å². The standard InChI is InChI=1S/C14H20N6O/c1-5-6-20-13(15-8-16-20)10(3)18-14(21)12-7-9(2)17-11(4)19-12/h7-8,10H,5-6H2,1-4H3,(H,18,21)/t10-/m1/s1. The van der Waals surface area contributed by atoms with E-state index >= 15 is 0 Å². The summed E-state index contributed by atoms with van der Waals surface area (Å²) < 4.78 is 1.81. The van der Waals surface area contributed by atoms with Crippen molar-refractivity contribution in [2.45, 2.75) is 46.7 Å². The molecule has 0 aromatic carbocycles. The Hall–Kier alpha value is -2.31. The lowest BCUT2D eigenvalue weighted by atomic mass is 10.2. The lowest BCUT2D eigenvalue weighted by Crippen LogP contribution is -2.30. The molecule has 0 aliphatic heterocycles. The van der Waals surface area contributed by atoms with E-state index in [-0.39, 0.29) is 11.9 Å². The normalized spacial score (nSPS) is 12.2. The number of nitrogens with one attached hydrogen (secondary N) is 1. The molecule has 2 rings (SSSR count). The van der Waals surface area contributed by atoms with E-state index in [0.29, 0.717) is 11.5 Å². The average molecular weight is 288 g/mol. The van der Waals surface area contributed by atoms with Gasteiger partial charge in [-0.1, -0.05) is 6.92 Å². The van der Waals surface area contributed by atoms with Gasteiger partial charge in [-0.2, -0.15) is 5.10 Å². The Labute approximate surface area is 123 Å². The molecule has 0 unspecified atom stereocenters. The van der Waals surface area contributed by atoms with Gasteiger partial charge in [-0.25, -0.2) is 19.6 Å². The van der Waals surface area contributed by atoms with Crippen LogP contribution < -0.4 is 5.32 Å². The van der Waals surface area contributed by atoms with Crippen LogP contribution in [-0.2, 0) is 6.54 Å². The molecule has 0 aliphatic carbocycles. The molecule has 1 N–H and O–H groups in total. The van der Waals surface area contributed by atoms with Crippen LogP contribution in [0.4, 0.5) is 0 Å². The van der Waals surface area contributed by atoms with E-state index in [1.54, 1.807) is 17.7 Å². The third-order valence-electron chi connectivity index (χ3n) is 3.01. The zero-order valence-corrected chi connectivity index (χ0v) is 12.8. The lowest BCUT2D eigenvalue weighted by Gasteiger charge is -2.14. The summed E-state index contributed by atoms with van der Waals surface area (Å²) in [5.74, 6) is 1.09. The minimum Gasteiger partial charge on any atom is -0.341 e. The summed E-state index contributed by atoms with van der Waals surface area (Å²) in [6.07, 6.45) is 2.47. The number of carbonyl (C=O) groups is 1. The largest absolute Gasteiger partial charge is 0.341 e. The second-order valence-corrected chi connectivity index (χ2v) is 4.98. The minimum atomic E-state index is -0.234. The van der Waals surface area contributed by atoms with Crippen molar-refractivity contribution in [1.29, 1.82) is 0 Å². The number of nitrogens with zero attached hydrogens (tertiary/aromatic N) is 5. The van der Waals surface area contributed by atoms with Crippen molar-refractivity contribution in [2.75, 3.05) is 0 Å². The highest BCUT2D eigenvalue weighted by Gasteiger charge is 2.17. The minimum absolute atomic E-state index is 0.234. The SMILES string of the molecule is CCCn1ncnc1[C@@H](C)NC(=O)c1cc(C)nc(C)n1. The molecular formula is C14H20N6O. The summed E-state index contributed by atoms with van der Waals surface area (Å²) >= 11 is 0. The molecule has 2 aromatic heterocycles. The summed E-state index contributed by atoms with van der Waals surface area (Å²) in [7, 11) is 0. The number of amides is 1. The van der Waals surface area contributed by atoms with E-state index in [2.05, 4.69) is 32.3 Å². The second-order valence-electron chi connectivity index (χ2n) is 4.98. The molecule has 21 heavy (non-hydrogen) atoms. The summed E-state index contributed by atoms with van der Waals surface area (Å²) in [6, 6.07) is 1.44. The van der Waals surface area contributed by atoms with Crippen LogP contribution in [0.15, 0.2) is 12.4 Å². The fraction of sp³-hybridized carbons (Fsp3) is 0.500. The van der Waals surface area contributed by atoms with Crippen molar-refractivity contribution in [3.8, 4) is 0 Å². The van der Waals surface area contributed by atoms with Crippen molar-refractivity contribution in [3.63, 3.8) is 0 Å².